The molecular formula is C61H39N3O. The maximum Gasteiger partial charge on any atom is 0.164 e. The van der Waals surface area contributed by atoms with Gasteiger partial charge in [-0.3, -0.25) is 0 Å². The van der Waals surface area contributed by atoms with Crippen LogP contribution in [0.25, 0.3) is 123 Å². The summed E-state index contributed by atoms with van der Waals surface area (Å²) < 4.78 is 6.93. The lowest BCUT2D eigenvalue weighted by Gasteiger charge is -2.14. The van der Waals surface area contributed by atoms with E-state index in [9.17, 15) is 0 Å². The number of para-hydroxylation sites is 1. The summed E-state index contributed by atoms with van der Waals surface area (Å²) in [6.07, 6.45) is 0. The first-order valence-corrected chi connectivity index (χ1v) is 21.9. The van der Waals surface area contributed by atoms with E-state index in [2.05, 4.69) is 212 Å². The first-order chi connectivity index (χ1) is 32.2. The van der Waals surface area contributed by atoms with Crippen LogP contribution < -0.4 is 0 Å². The fourth-order valence-electron chi connectivity index (χ4n) is 9.17. The molecule has 0 aliphatic heterocycles. The molecule has 12 rings (SSSR count). The summed E-state index contributed by atoms with van der Waals surface area (Å²) in [5, 5.41) is 4.13. The quantitative estimate of drug-likeness (QED) is 0.153. The van der Waals surface area contributed by atoms with Crippen LogP contribution in [-0.4, -0.2) is 15.0 Å². The second kappa shape index (κ2) is 16.2. The summed E-state index contributed by atoms with van der Waals surface area (Å²) in [5.41, 5.74) is 15.6. The zero-order valence-electron chi connectivity index (χ0n) is 35.3. The zero-order valence-corrected chi connectivity index (χ0v) is 35.3. The van der Waals surface area contributed by atoms with Gasteiger partial charge in [0.05, 0.1) is 0 Å². The van der Waals surface area contributed by atoms with Gasteiger partial charge >= 0.3 is 0 Å². The van der Waals surface area contributed by atoms with Gasteiger partial charge in [0.15, 0.2) is 17.5 Å². The second-order valence-electron chi connectivity index (χ2n) is 16.3. The summed E-state index contributed by atoms with van der Waals surface area (Å²) >= 11 is 0. The van der Waals surface area contributed by atoms with E-state index in [1.165, 1.54) is 11.1 Å². The number of nitrogens with zero attached hydrogens (tertiary/aromatic N) is 3. The topological polar surface area (TPSA) is 51.8 Å². The number of hydrogen-bond donors (Lipinski definition) is 0. The van der Waals surface area contributed by atoms with Crippen molar-refractivity contribution in [3.63, 3.8) is 0 Å². The van der Waals surface area contributed by atoms with Crippen molar-refractivity contribution in [1.29, 1.82) is 0 Å². The number of hydrogen-bond acceptors (Lipinski definition) is 4. The maximum absolute atomic E-state index is 6.93. The Hall–Kier alpha value is -8.73. The first kappa shape index (κ1) is 38.0. The Balaban J connectivity index is 1.04. The minimum Gasteiger partial charge on any atom is -0.455 e. The van der Waals surface area contributed by atoms with Crippen LogP contribution in [0.4, 0.5) is 0 Å². The highest BCUT2D eigenvalue weighted by Crippen LogP contribution is 2.44. The molecule has 0 bridgehead atoms. The molecule has 4 heteroatoms. The Bertz CT molecular complexity index is 3680. The lowest BCUT2D eigenvalue weighted by molar-refractivity contribution is 0.670. The van der Waals surface area contributed by atoms with Gasteiger partial charge in [0.25, 0.3) is 0 Å². The monoisotopic (exact) mass is 829 g/mol. The molecule has 0 aliphatic carbocycles. The predicted molar refractivity (Wildman–Crippen MR) is 268 cm³/mol. The van der Waals surface area contributed by atoms with Gasteiger partial charge in [0.1, 0.15) is 11.2 Å². The van der Waals surface area contributed by atoms with Crippen molar-refractivity contribution in [3.8, 4) is 89.8 Å². The minimum atomic E-state index is 0.575. The molecule has 12 aromatic rings. The van der Waals surface area contributed by atoms with Gasteiger partial charge in [-0.15, -0.1) is 0 Å². The van der Waals surface area contributed by atoms with E-state index in [1.54, 1.807) is 0 Å². The van der Waals surface area contributed by atoms with E-state index in [4.69, 9.17) is 19.4 Å². The Morgan fingerprint density at radius 1 is 0.262 bits per heavy atom. The highest BCUT2D eigenvalue weighted by atomic mass is 16.3. The lowest BCUT2D eigenvalue weighted by Crippen LogP contribution is -2.01. The Kier molecular flexibility index (Phi) is 9.46. The van der Waals surface area contributed by atoms with Crippen LogP contribution in [0.15, 0.2) is 241 Å². The third-order valence-electron chi connectivity index (χ3n) is 12.4. The molecule has 2 aromatic heterocycles. The van der Waals surface area contributed by atoms with E-state index >= 15 is 0 Å². The number of furan rings is 1. The van der Waals surface area contributed by atoms with Crippen LogP contribution in [0.2, 0.25) is 0 Å². The average Bonchev–Trinajstić information content (AvgIpc) is 3.79. The first-order valence-electron chi connectivity index (χ1n) is 21.9. The van der Waals surface area contributed by atoms with Crippen molar-refractivity contribution in [2.75, 3.05) is 0 Å². The van der Waals surface area contributed by atoms with Crippen LogP contribution in [0.5, 0.6) is 0 Å². The molecule has 0 radical (unpaired) electrons. The summed E-state index contributed by atoms with van der Waals surface area (Å²) in [6.45, 7) is 0. The maximum atomic E-state index is 6.93. The van der Waals surface area contributed by atoms with Gasteiger partial charge in [0, 0.05) is 33.0 Å². The molecule has 0 fully saturated rings. The van der Waals surface area contributed by atoms with Gasteiger partial charge in [-0.2, -0.15) is 0 Å². The number of benzene rings is 10. The van der Waals surface area contributed by atoms with Gasteiger partial charge in [-0.1, -0.05) is 218 Å². The van der Waals surface area contributed by atoms with E-state index in [0.29, 0.717) is 17.5 Å². The summed E-state index contributed by atoms with van der Waals surface area (Å²) in [6, 6.07) is 82.8. The summed E-state index contributed by atoms with van der Waals surface area (Å²) in [4.78, 5) is 15.9. The molecule has 0 amide bonds. The molecule has 0 unspecified atom stereocenters. The molecule has 4 nitrogen and oxygen atoms in total. The van der Waals surface area contributed by atoms with Crippen molar-refractivity contribution < 1.29 is 4.42 Å². The Morgan fingerprint density at radius 2 is 0.754 bits per heavy atom. The third-order valence-corrected chi connectivity index (χ3v) is 12.4. The fraction of sp³-hybridized carbons (Fsp3) is 0. The molecule has 10 aromatic carbocycles. The van der Waals surface area contributed by atoms with Crippen molar-refractivity contribution >= 4 is 32.7 Å². The molecule has 65 heavy (non-hydrogen) atoms. The van der Waals surface area contributed by atoms with E-state index in [1.807, 2.05) is 24.3 Å². The highest BCUT2D eigenvalue weighted by Gasteiger charge is 2.22. The summed E-state index contributed by atoms with van der Waals surface area (Å²) in [5.74, 6) is 1.77. The molecule has 0 saturated heterocycles. The van der Waals surface area contributed by atoms with Crippen molar-refractivity contribution in [2.24, 2.45) is 0 Å². The number of rotatable bonds is 8. The predicted octanol–water partition coefficient (Wildman–Crippen LogP) is 16.3. The van der Waals surface area contributed by atoms with Gasteiger partial charge in [-0.05, 0) is 79.0 Å². The Labute approximate surface area is 376 Å². The number of aromatic nitrogens is 3. The zero-order chi connectivity index (χ0) is 43.1. The van der Waals surface area contributed by atoms with Crippen LogP contribution in [0.3, 0.4) is 0 Å². The van der Waals surface area contributed by atoms with Crippen LogP contribution in [0, 0.1) is 0 Å². The fourth-order valence-corrected chi connectivity index (χ4v) is 9.17. The van der Waals surface area contributed by atoms with Gasteiger partial charge < -0.3 is 4.42 Å². The molecule has 2 heterocycles. The van der Waals surface area contributed by atoms with Gasteiger partial charge in [-0.25, -0.2) is 15.0 Å². The Morgan fingerprint density at radius 3 is 1.45 bits per heavy atom. The minimum absolute atomic E-state index is 0.575. The lowest BCUT2D eigenvalue weighted by atomic mass is 9.90. The molecule has 0 spiro atoms. The number of fused-ring (bicyclic) bond motifs is 4. The van der Waals surface area contributed by atoms with E-state index in [-0.39, 0.29) is 0 Å². The average molecular weight is 830 g/mol. The molecule has 0 saturated carbocycles. The highest BCUT2D eigenvalue weighted by molar-refractivity contribution is 6.15. The molecular weight excluding hydrogens is 791 g/mol. The van der Waals surface area contributed by atoms with Gasteiger partial charge in [0.2, 0.25) is 0 Å². The van der Waals surface area contributed by atoms with E-state index in [0.717, 1.165) is 93.9 Å². The molecule has 0 atom stereocenters. The third kappa shape index (κ3) is 7.04. The SMILES string of the molecule is c1ccc(-c2ccc(-c3nc(-c4cccc5cc(-c6ccccc6)ccc45)nc(-c4cccc5oc6c(-c7ccc(-c8ccccc8)cc7-c7ccccc7)cccc6c45)n3)cc2)cc1. The summed E-state index contributed by atoms with van der Waals surface area (Å²) in [7, 11) is 0. The second-order valence-corrected chi connectivity index (χ2v) is 16.3. The smallest absolute Gasteiger partial charge is 0.164 e. The molecule has 0 N–H and O–H groups in total. The van der Waals surface area contributed by atoms with Crippen molar-refractivity contribution in [3.05, 3.63) is 237 Å². The standard InChI is InChI=1S/C61H39N3O/c1-5-16-40(17-6-1)43-30-32-45(33-31-43)59-62-60(52-26-13-24-48-38-46(34-36-49(48)52)41-18-7-2-8-19-41)64-61(63-59)54-28-15-29-56-57(54)53-27-14-25-51(58(53)65-56)50-37-35-47(42-20-9-3-10-21-42)39-55(50)44-22-11-4-12-23-44/h1-39H. The van der Waals surface area contributed by atoms with Crippen molar-refractivity contribution in [2.45, 2.75) is 0 Å². The molecule has 304 valence electrons. The van der Waals surface area contributed by atoms with Crippen molar-refractivity contribution in [1.82, 2.24) is 15.0 Å². The van der Waals surface area contributed by atoms with E-state index < -0.39 is 0 Å². The largest absolute Gasteiger partial charge is 0.455 e. The van der Waals surface area contributed by atoms with Crippen LogP contribution >= 0.6 is 0 Å². The van der Waals surface area contributed by atoms with Crippen LogP contribution in [0.1, 0.15) is 0 Å². The molecule has 0 aliphatic rings. The van der Waals surface area contributed by atoms with Crippen LogP contribution in [-0.2, 0) is 0 Å². The normalized spacial score (nSPS) is 11.4.